The van der Waals surface area contributed by atoms with Crippen LogP contribution >= 0.6 is 15.9 Å². The third-order valence-electron chi connectivity index (χ3n) is 5.72. The largest absolute Gasteiger partial charge is 0.381 e. The molecular formula is C23H29BrN2O2. The lowest BCUT2D eigenvalue weighted by Crippen LogP contribution is -2.49. The molecule has 0 radical (unpaired) electrons. The van der Waals surface area contributed by atoms with Gasteiger partial charge in [-0.2, -0.15) is 0 Å². The van der Waals surface area contributed by atoms with Crippen LogP contribution in [0, 0.1) is 6.92 Å². The summed E-state index contributed by atoms with van der Waals surface area (Å²) in [7, 11) is 4.10. The van der Waals surface area contributed by atoms with Gasteiger partial charge in [0, 0.05) is 24.2 Å². The molecule has 4 nitrogen and oxygen atoms in total. The average molecular weight is 445 g/mol. The maximum atomic E-state index is 13.4. The van der Waals surface area contributed by atoms with Crippen molar-refractivity contribution in [2.24, 2.45) is 0 Å². The summed E-state index contributed by atoms with van der Waals surface area (Å²) in [6, 6.07) is 16.8. The Balaban J connectivity index is 1.79. The molecule has 2 aromatic rings. The Morgan fingerprint density at radius 3 is 2.29 bits per heavy atom. The molecular weight excluding hydrogens is 416 g/mol. The third-order valence-corrected chi connectivity index (χ3v) is 6.25. The number of carbonyl (C=O) groups is 1. The molecule has 2 aromatic carbocycles. The summed E-state index contributed by atoms with van der Waals surface area (Å²) in [6.45, 7) is 3.88. The van der Waals surface area contributed by atoms with Crippen LogP contribution in [0.25, 0.3) is 0 Å². The van der Waals surface area contributed by atoms with Gasteiger partial charge in [-0.25, -0.2) is 0 Å². The molecule has 0 aromatic heterocycles. The van der Waals surface area contributed by atoms with E-state index in [2.05, 4.69) is 83.6 Å². The Morgan fingerprint density at radius 2 is 1.71 bits per heavy atom. The molecule has 1 N–H and O–H groups in total. The number of hydrogen-bond acceptors (Lipinski definition) is 3. The molecule has 1 amide bonds. The van der Waals surface area contributed by atoms with Crippen LogP contribution in [0.15, 0.2) is 53.0 Å². The maximum Gasteiger partial charge on any atom is 0.230 e. The Morgan fingerprint density at radius 1 is 1.11 bits per heavy atom. The van der Waals surface area contributed by atoms with E-state index < -0.39 is 5.41 Å². The van der Waals surface area contributed by atoms with Gasteiger partial charge in [-0.1, -0.05) is 57.9 Å². The molecule has 150 valence electrons. The zero-order valence-corrected chi connectivity index (χ0v) is 18.5. The van der Waals surface area contributed by atoms with Gasteiger partial charge >= 0.3 is 0 Å². The number of hydrogen-bond donors (Lipinski definition) is 1. The molecule has 1 aliphatic heterocycles. The fourth-order valence-electron chi connectivity index (χ4n) is 3.88. The van der Waals surface area contributed by atoms with Crippen molar-refractivity contribution in [1.82, 2.24) is 10.2 Å². The molecule has 1 atom stereocenters. The Hall–Kier alpha value is -1.69. The van der Waals surface area contributed by atoms with Gasteiger partial charge in [0.1, 0.15) is 0 Å². The van der Waals surface area contributed by atoms with Crippen molar-refractivity contribution < 1.29 is 9.53 Å². The molecule has 0 saturated carbocycles. The van der Waals surface area contributed by atoms with E-state index in [9.17, 15) is 4.79 Å². The fourth-order valence-corrected chi connectivity index (χ4v) is 4.15. The highest BCUT2D eigenvalue weighted by Gasteiger charge is 2.41. The van der Waals surface area contributed by atoms with Gasteiger partial charge in [-0.15, -0.1) is 0 Å². The topological polar surface area (TPSA) is 41.6 Å². The summed E-state index contributed by atoms with van der Waals surface area (Å²) in [5.41, 5.74) is 2.99. The van der Waals surface area contributed by atoms with Crippen molar-refractivity contribution in [3.05, 3.63) is 69.7 Å². The van der Waals surface area contributed by atoms with Crippen molar-refractivity contribution in [3.8, 4) is 0 Å². The van der Waals surface area contributed by atoms with Crippen molar-refractivity contribution in [3.63, 3.8) is 0 Å². The van der Waals surface area contributed by atoms with Crippen LogP contribution in [-0.4, -0.2) is 44.7 Å². The summed E-state index contributed by atoms with van der Waals surface area (Å²) in [6.07, 6.45) is 1.41. The van der Waals surface area contributed by atoms with Gasteiger partial charge in [-0.3, -0.25) is 4.79 Å². The second-order valence-electron chi connectivity index (χ2n) is 7.80. The highest BCUT2D eigenvalue weighted by molar-refractivity contribution is 9.10. The molecule has 0 bridgehead atoms. The summed E-state index contributed by atoms with van der Waals surface area (Å²) in [5.74, 6) is 0.0945. The van der Waals surface area contributed by atoms with E-state index in [0.717, 1.165) is 10.0 Å². The standard InChI is InChI=1S/C23H29BrN2O2/c1-17-4-6-18(7-5-17)21(26(2)3)16-25-22(27)23(12-14-28-15-13-23)19-8-10-20(24)11-9-19/h4-11,21H,12-16H2,1-3H3,(H,25,27). The van der Waals surface area contributed by atoms with E-state index in [-0.39, 0.29) is 11.9 Å². The Bertz CT molecular complexity index is 781. The van der Waals surface area contributed by atoms with Gasteiger partial charge in [0.15, 0.2) is 0 Å². The molecule has 1 fully saturated rings. The quantitative estimate of drug-likeness (QED) is 0.724. The number of nitrogens with one attached hydrogen (secondary N) is 1. The van der Waals surface area contributed by atoms with E-state index in [1.54, 1.807) is 0 Å². The number of ether oxygens (including phenoxy) is 1. The predicted octanol–water partition coefficient (Wildman–Crippen LogP) is 4.22. The van der Waals surface area contributed by atoms with Crippen molar-refractivity contribution >= 4 is 21.8 Å². The lowest BCUT2D eigenvalue weighted by atomic mass is 9.73. The molecule has 1 aliphatic rings. The highest BCUT2D eigenvalue weighted by Crippen LogP contribution is 2.36. The van der Waals surface area contributed by atoms with Crippen LogP contribution < -0.4 is 5.32 Å². The second-order valence-corrected chi connectivity index (χ2v) is 8.72. The van der Waals surface area contributed by atoms with Crippen LogP contribution in [0.3, 0.4) is 0 Å². The molecule has 1 heterocycles. The van der Waals surface area contributed by atoms with Crippen molar-refractivity contribution in [2.45, 2.75) is 31.2 Å². The van der Waals surface area contributed by atoms with Crippen LogP contribution in [0.4, 0.5) is 0 Å². The number of amides is 1. The summed E-state index contributed by atoms with van der Waals surface area (Å²) in [5, 5.41) is 3.25. The minimum Gasteiger partial charge on any atom is -0.381 e. The van der Waals surface area contributed by atoms with Crippen LogP contribution in [0.2, 0.25) is 0 Å². The Kier molecular flexibility index (Phi) is 6.91. The van der Waals surface area contributed by atoms with E-state index in [4.69, 9.17) is 4.74 Å². The summed E-state index contributed by atoms with van der Waals surface area (Å²) < 4.78 is 6.59. The van der Waals surface area contributed by atoms with E-state index in [1.165, 1.54) is 11.1 Å². The van der Waals surface area contributed by atoms with Crippen LogP contribution in [-0.2, 0) is 14.9 Å². The summed E-state index contributed by atoms with van der Waals surface area (Å²) >= 11 is 3.49. The first kappa shape index (κ1) is 21.0. The minimum absolute atomic E-state index is 0.0945. The van der Waals surface area contributed by atoms with Gasteiger partial charge < -0.3 is 15.0 Å². The maximum absolute atomic E-state index is 13.4. The predicted molar refractivity (Wildman–Crippen MR) is 116 cm³/mol. The number of nitrogens with zero attached hydrogens (tertiary/aromatic N) is 1. The van der Waals surface area contributed by atoms with E-state index >= 15 is 0 Å². The monoisotopic (exact) mass is 444 g/mol. The smallest absolute Gasteiger partial charge is 0.230 e. The first-order chi connectivity index (χ1) is 13.4. The number of benzene rings is 2. The molecule has 5 heteroatoms. The van der Waals surface area contributed by atoms with E-state index in [1.807, 2.05) is 12.1 Å². The summed E-state index contributed by atoms with van der Waals surface area (Å²) in [4.78, 5) is 15.6. The molecule has 1 saturated heterocycles. The minimum atomic E-state index is -0.525. The molecule has 3 rings (SSSR count). The van der Waals surface area contributed by atoms with E-state index in [0.29, 0.717) is 32.6 Å². The first-order valence-corrected chi connectivity index (χ1v) is 10.6. The number of rotatable bonds is 6. The number of halogens is 1. The zero-order valence-electron chi connectivity index (χ0n) is 16.9. The lowest BCUT2D eigenvalue weighted by Gasteiger charge is -2.37. The zero-order chi connectivity index (χ0) is 20.1. The van der Waals surface area contributed by atoms with Crippen molar-refractivity contribution in [1.29, 1.82) is 0 Å². The second kappa shape index (κ2) is 9.21. The molecule has 0 spiro atoms. The molecule has 28 heavy (non-hydrogen) atoms. The number of carbonyl (C=O) groups excluding carboxylic acids is 1. The average Bonchev–Trinajstić information content (AvgIpc) is 2.70. The fraction of sp³-hybridized carbons (Fsp3) is 0.435. The lowest BCUT2D eigenvalue weighted by molar-refractivity contribution is -0.130. The molecule has 0 aliphatic carbocycles. The van der Waals surface area contributed by atoms with Gasteiger partial charge in [0.2, 0.25) is 5.91 Å². The first-order valence-electron chi connectivity index (χ1n) is 9.77. The van der Waals surface area contributed by atoms with Crippen LogP contribution in [0.5, 0.6) is 0 Å². The Labute approximate surface area is 176 Å². The van der Waals surface area contributed by atoms with Gasteiger partial charge in [-0.05, 0) is 57.1 Å². The van der Waals surface area contributed by atoms with Crippen LogP contribution in [0.1, 0.15) is 35.6 Å². The highest BCUT2D eigenvalue weighted by atomic mass is 79.9. The van der Waals surface area contributed by atoms with Gasteiger partial charge in [0.25, 0.3) is 0 Å². The molecule has 1 unspecified atom stereocenters. The normalized spacial score (nSPS) is 17.3. The third kappa shape index (κ3) is 4.65. The number of aryl methyl sites for hydroxylation is 1. The SMILES string of the molecule is Cc1ccc(C(CNC(=O)C2(c3ccc(Br)cc3)CCOCC2)N(C)C)cc1. The van der Waals surface area contributed by atoms with Gasteiger partial charge in [0.05, 0.1) is 11.5 Å². The van der Waals surface area contributed by atoms with Crippen molar-refractivity contribution in [2.75, 3.05) is 33.9 Å². The number of likely N-dealkylation sites (N-methyl/N-ethyl adjacent to an activating group) is 1.